The fourth-order valence-corrected chi connectivity index (χ4v) is 0. The molecule has 0 radical (unpaired) electrons. The first kappa shape index (κ1) is 15.9. The Kier molecular flexibility index (Phi) is 68.5. The molecule has 0 saturated heterocycles. The molecule has 0 aromatic carbocycles. The number of rotatable bonds is 0. The van der Waals surface area contributed by atoms with E-state index >= 15 is 0 Å². The van der Waals surface area contributed by atoms with E-state index in [1.165, 1.54) is 0 Å². The van der Waals surface area contributed by atoms with Crippen LogP contribution >= 0.6 is 33.1 Å². The molecule has 0 spiro atoms. The Labute approximate surface area is 84.4 Å². The summed E-state index contributed by atoms with van der Waals surface area (Å²) in [5.74, 6) is 0. The van der Waals surface area contributed by atoms with Crippen molar-refractivity contribution >= 4 is 81.9 Å². The first-order valence-electron chi connectivity index (χ1n) is 0.143. The van der Waals surface area contributed by atoms with E-state index in [4.69, 9.17) is 0 Å². The van der Waals surface area contributed by atoms with Crippen molar-refractivity contribution in [2.75, 3.05) is 0 Å². The Morgan fingerprint density at radius 1 is 1.25 bits per heavy atom. The maximum atomic E-state index is 2.91. The number of hydrogen-bond donors (Lipinski definition) is 0. The van der Waals surface area contributed by atoms with Crippen molar-refractivity contribution in [2.45, 2.75) is 0 Å². The van der Waals surface area contributed by atoms with Gasteiger partial charge in [-0.3, -0.25) is 4.70 Å². The van der Waals surface area contributed by atoms with Crippen LogP contribution in [0.2, 0.25) is 0 Å². The van der Waals surface area contributed by atoms with Crippen molar-refractivity contribution in [1.29, 1.82) is 0 Å². The Bertz CT molecular complexity index is 8.00. The molecule has 0 aromatic heterocycles. The van der Waals surface area contributed by atoms with Crippen molar-refractivity contribution in [3.05, 3.63) is 0 Å². The van der Waals surface area contributed by atoms with Gasteiger partial charge in [0.25, 0.3) is 0 Å². The normalized spacial score (nSPS) is 1.50. The van der Waals surface area contributed by atoms with Gasteiger partial charge in [0.2, 0.25) is 0 Å². The van der Waals surface area contributed by atoms with Crippen LogP contribution in [0.3, 0.4) is 0 Å². The van der Waals surface area contributed by atoms with Crippen LogP contribution in [0, 0.1) is 0 Å². The molecular formula is H3BaBrFI. The fraction of sp³-hybridized carbons (Fsp3) is 0. The van der Waals surface area contributed by atoms with E-state index in [2.05, 4.69) is 12.7 Å². The van der Waals surface area contributed by atoms with Gasteiger partial charge in [-0.15, -0.1) is 0 Å². The number of hydrogen-bond acceptors (Lipinski definition) is 0. The summed E-state index contributed by atoms with van der Waals surface area (Å²) in [5.41, 5.74) is 0. The van der Waals surface area contributed by atoms with E-state index < -0.39 is 0 Å². The van der Waals surface area contributed by atoms with Crippen LogP contribution in [-0.2, 0) is 0 Å². The van der Waals surface area contributed by atoms with Gasteiger partial charge in [-0.1, -0.05) is 0 Å². The molecule has 0 aromatic rings. The molecule has 0 rings (SSSR count). The van der Waals surface area contributed by atoms with Crippen molar-refractivity contribution in [3.63, 3.8) is 0 Å². The van der Waals surface area contributed by atoms with Crippen LogP contribution < -0.4 is 0 Å². The van der Waals surface area contributed by atoms with Gasteiger partial charge in [-0.2, -0.15) is 0 Å². The minimum atomic E-state index is 0. The zero-order valence-electron chi connectivity index (χ0n) is 1.16. The Morgan fingerprint density at radius 3 is 1.25 bits per heavy atom. The van der Waals surface area contributed by atoms with E-state index in [0.717, 1.165) is 0 Å². The summed E-state index contributed by atoms with van der Waals surface area (Å²) in [5, 5.41) is 0. The van der Waals surface area contributed by atoms with E-state index in [1.807, 2.05) is 20.4 Å². The van der Waals surface area contributed by atoms with Gasteiger partial charge in [-0.05, 0) is 12.7 Å². The average Bonchev–Trinajstić information content (AvgIpc) is 1.00. The molecule has 0 bridgehead atoms. The van der Waals surface area contributed by atoms with Gasteiger partial charge in [0.1, 0.15) is 0 Å². The Morgan fingerprint density at radius 2 is 1.25 bits per heavy atom. The molecular weight excluding hydrogens is 363 g/mol. The standard InChI is InChI=1S/Ba.BrI.FH.2H/c;1-2;;;/h;;1H;;. The minimum absolute atomic E-state index is 0. The van der Waals surface area contributed by atoms with Crippen LogP contribution in [0.4, 0.5) is 4.70 Å². The maximum absolute atomic E-state index is 2.91. The van der Waals surface area contributed by atoms with Gasteiger partial charge in [-0.25, -0.2) is 0 Å². The summed E-state index contributed by atoms with van der Waals surface area (Å²) < 4.78 is 0. The second kappa shape index (κ2) is 17.2. The molecule has 0 amide bonds. The van der Waals surface area contributed by atoms with E-state index in [-0.39, 0.29) is 53.6 Å². The molecule has 0 fully saturated rings. The SMILES string of the molecule is BrI.F.[BaH2]. The monoisotopic (exact) mass is 366 g/mol. The van der Waals surface area contributed by atoms with Crippen molar-refractivity contribution < 1.29 is 4.70 Å². The van der Waals surface area contributed by atoms with Crippen LogP contribution in [0.25, 0.3) is 0 Å². The first-order valence-corrected chi connectivity index (χ1v) is 4.98. The average molecular weight is 366 g/mol. The van der Waals surface area contributed by atoms with Gasteiger partial charge in [0.15, 0.2) is 0 Å². The molecule has 0 N–H and O–H groups in total. The Balaban J connectivity index is -0.00000000500. The molecule has 0 aliphatic rings. The predicted octanol–water partition coefficient (Wildman–Crippen LogP) is 0.968. The summed E-state index contributed by atoms with van der Waals surface area (Å²) in [7, 11) is 0. The molecule has 0 heterocycles. The quantitative estimate of drug-likeness (QED) is 0.443. The Hall–Kier alpha value is 2.71. The molecule has 0 saturated carbocycles. The van der Waals surface area contributed by atoms with Gasteiger partial charge < -0.3 is 0 Å². The summed E-state index contributed by atoms with van der Waals surface area (Å²) in [6.45, 7) is 0. The first-order chi connectivity index (χ1) is 1.00. The van der Waals surface area contributed by atoms with Crippen LogP contribution in [0.15, 0.2) is 0 Å². The zero-order chi connectivity index (χ0) is 2.00. The molecule has 4 heteroatoms. The third kappa shape index (κ3) is 8.83. The molecule has 0 nitrogen and oxygen atoms in total. The summed E-state index contributed by atoms with van der Waals surface area (Å²) in [6, 6.07) is 0. The molecule has 26 valence electrons. The second-order valence-corrected chi connectivity index (χ2v) is 0. The third-order valence-electron chi connectivity index (χ3n) is 0. The van der Waals surface area contributed by atoms with Crippen LogP contribution in [0.1, 0.15) is 0 Å². The molecule has 0 aliphatic carbocycles. The van der Waals surface area contributed by atoms with Gasteiger partial charge in [0.05, 0.1) is 0 Å². The van der Waals surface area contributed by atoms with Crippen molar-refractivity contribution in [2.24, 2.45) is 0 Å². The third-order valence-corrected chi connectivity index (χ3v) is 0. The van der Waals surface area contributed by atoms with Crippen LogP contribution in [-0.4, -0.2) is 48.9 Å². The number of halogens is 3. The second-order valence-electron chi connectivity index (χ2n) is 0. The molecule has 0 atom stereocenters. The molecule has 0 unspecified atom stereocenters. The van der Waals surface area contributed by atoms with Gasteiger partial charge >= 0.3 is 48.9 Å². The van der Waals surface area contributed by atoms with Crippen molar-refractivity contribution in [1.82, 2.24) is 0 Å². The summed E-state index contributed by atoms with van der Waals surface area (Å²) >= 11 is 4.87. The zero-order valence-corrected chi connectivity index (χ0v) is 4.91. The summed E-state index contributed by atoms with van der Waals surface area (Å²) in [6.07, 6.45) is 0. The van der Waals surface area contributed by atoms with Gasteiger partial charge in [0, 0.05) is 20.4 Å². The fourth-order valence-electron chi connectivity index (χ4n) is 0. The topological polar surface area (TPSA) is 0 Å². The van der Waals surface area contributed by atoms with Crippen molar-refractivity contribution in [3.8, 4) is 0 Å². The van der Waals surface area contributed by atoms with E-state index in [0.29, 0.717) is 0 Å². The summed E-state index contributed by atoms with van der Waals surface area (Å²) in [4.78, 5) is 0. The van der Waals surface area contributed by atoms with E-state index in [1.54, 1.807) is 0 Å². The van der Waals surface area contributed by atoms with E-state index in [9.17, 15) is 0 Å². The molecule has 0 aliphatic heterocycles. The predicted molar refractivity (Wildman–Crippen MR) is 34.0 cm³/mol. The van der Waals surface area contributed by atoms with Crippen LogP contribution in [0.5, 0.6) is 0 Å². The molecule has 4 heavy (non-hydrogen) atoms.